The Morgan fingerprint density at radius 3 is 2.55 bits per heavy atom. The van der Waals surface area contributed by atoms with Crippen molar-refractivity contribution in [2.24, 2.45) is 4.99 Å². The van der Waals surface area contributed by atoms with Gasteiger partial charge in [0.1, 0.15) is 0 Å². The summed E-state index contributed by atoms with van der Waals surface area (Å²) in [7, 11) is 1.67. The topological polar surface area (TPSA) is 71.5 Å². The number of halogens is 1. The van der Waals surface area contributed by atoms with Gasteiger partial charge in [-0.3, -0.25) is 15.0 Å². The van der Waals surface area contributed by atoms with Gasteiger partial charge in [-0.05, 0) is 17.7 Å². The van der Waals surface area contributed by atoms with E-state index in [1.54, 1.807) is 7.05 Å². The summed E-state index contributed by atoms with van der Waals surface area (Å²) in [6.45, 7) is 8.60. The number of carbonyl (C=O) groups is 2. The third kappa shape index (κ3) is 3.82. The van der Waals surface area contributed by atoms with Gasteiger partial charge in [0.2, 0.25) is 0 Å². The second-order valence-corrected chi connectivity index (χ2v) is 7.96. The second kappa shape index (κ2) is 8.04. The van der Waals surface area contributed by atoms with E-state index in [0.717, 1.165) is 44.2 Å². The Hall–Kier alpha value is -2.58. The monoisotopic (exact) mass is 416 g/mol. The zero-order valence-electron chi connectivity index (χ0n) is 16.4. The van der Waals surface area contributed by atoms with Crippen LogP contribution in [0.3, 0.4) is 0 Å². The number of nitrogens with zero attached hydrogens (tertiary/aromatic N) is 5. The molecule has 4 rings (SSSR count). The zero-order chi connectivity index (χ0) is 20.5. The van der Waals surface area contributed by atoms with Gasteiger partial charge in [-0.15, -0.1) is 6.58 Å². The van der Waals surface area contributed by atoms with Crippen molar-refractivity contribution in [3.05, 3.63) is 47.5 Å². The molecule has 3 amide bonds. The van der Waals surface area contributed by atoms with Crippen LogP contribution < -0.4 is 5.32 Å². The lowest BCUT2D eigenvalue weighted by Gasteiger charge is -2.40. The molecule has 2 unspecified atom stereocenters. The Labute approximate surface area is 175 Å². The lowest BCUT2D eigenvalue weighted by Crippen LogP contribution is -2.64. The summed E-state index contributed by atoms with van der Waals surface area (Å²) in [5.74, 6) is 0.459. The molecule has 29 heavy (non-hydrogen) atoms. The molecule has 3 heterocycles. The maximum Gasteiger partial charge on any atom is 0.325 e. The molecule has 2 atom stereocenters. The highest BCUT2D eigenvalue weighted by atomic mass is 35.5. The number of piperazine rings is 1. The van der Waals surface area contributed by atoms with E-state index >= 15 is 0 Å². The molecule has 0 aliphatic carbocycles. The molecule has 1 aromatic rings. The number of urea groups is 1. The van der Waals surface area contributed by atoms with E-state index in [-0.39, 0.29) is 5.91 Å². The van der Waals surface area contributed by atoms with Crippen molar-refractivity contribution in [2.45, 2.75) is 18.8 Å². The molecule has 3 aliphatic rings. The van der Waals surface area contributed by atoms with E-state index in [4.69, 9.17) is 16.6 Å². The minimum Gasteiger partial charge on any atom is -0.340 e. The number of imide groups is 1. The van der Waals surface area contributed by atoms with Gasteiger partial charge < -0.3 is 14.7 Å². The minimum absolute atomic E-state index is 0.309. The van der Waals surface area contributed by atoms with Crippen molar-refractivity contribution < 1.29 is 9.59 Å². The number of hydrogen-bond donors (Lipinski definition) is 1. The first-order chi connectivity index (χ1) is 14.0. The van der Waals surface area contributed by atoms with Crippen LogP contribution in [0, 0.1) is 0 Å². The fraction of sp³-hybridized carbons (Fsp3) is 0.450. The fourth-order valence-electron chi connectivity index (χ4n) is 4.04. The number of rotatable bonds is 4. The molecular weight excluding hydrogens is 392 g/mol. The normalized spacial score (nSPS) is 25.0. The highest BCUT2D eigenvalue weighted by Crippen LogP contribution is 2.28. The summed E-state index contributed by atoms with van der Waals surface area (Å²) < 4.78 is 0. The van der Waals surface area contributed by atoms with Gasteiger partial charge in [0.25, 0.3) is 5.91 Å². The van der Waals surface area contributed by atoms with E-state index in [1.807, 2.05) is 35.2 Å². The molecule has 0 saturated carbocycles. The van der Waals surface area contributed by atoms with Gasteiger partial charge in [-0.1, -0.05) is 29.8 Å². The van der Waals surface area contributed by atoms with Crippen LogP contribution in [-0.2, 0) is 11.3 Å². The number of aliphatic imine (C=N–C) groups is 1. The maximum absolute atomic E-state index is 12.7. The van der Waals surface area contributed by atoms with E-state index in [2.05, 4.69) is 21.7 Å². The maximum atomic E-state index is 12.7. The average Bonchev–Trinajstić information content (AvgIpc) is 3.09. The minimum atomic E-state index is -0.547. The van der Waals surface area contributed by atoms with Crippen molar-refractivity contribution in [1.82, 2.24) is 24.9 Å². The van der Waals surface area contributed by atoms with Gasteiger partial charge in [-0.2, -0.15) is 0 Å². The quantitative estimate of drug-likeness (QED) is 0.746. The van der Waals surface area contributed by atoms with Crippen molar-refractivity contribution in [2.75, 3.05) is 39.8 Å². The third-order valence-electron chi connectivity index (χ3n) is 5.65. The molecule has 2 fully saturated rings. The number of amides is 3. The Bertz CT molecular complexity index is 834. The first-order valence-electron chi connectivity index (χ1n) is 9.72. The number of benzene rings is 1. The Morgan fingerprint density at radius 1 is 1.21 bits per heavy atom. The lowest BCUT2D eigenvalue weighted by atomic mass is 10.1. The van der Waals surface area contributed by atoms with Crippen LogP contribution in [0.1, 0.15) is 5.56 Å². The number of fused-ring (bicyclic) bond motifs is 1. The van der Waals surface area contributed by atoms with Crippen LogP contribution in [0.15, 0.2) is 41.9 Å². The second-order valence-electron chi connectivity index (χ2n) is 7.52. The number of guanidine groups is 1. The van der Waals surface area contributed by atoms with Crippen LogP contribution in [0.5, 0.6) is 0 Å². The molecule has 154 valence electrons. The summed E-state index contributed by atoms with van der Waals surface area (Å²) in [6, 6.07) is 6.62. The lowest BCUT2D eigenvalue weighted by molar-refractivity contribution is -0.127. The molecule has 2 saturated heterocycles. The van der Waals surface area contributed by atoms with Crippen LogP contribution in [0.2, 0.25) is 5.02 Å². The summed E-state index contributed by atoms with van der Waals surface area (Å²) >= 11 is 6.02. The first kappa shape index (κ1) is 19.7. The summed E-state index contributed by atoms with van der Waals surface area (Å²) in [5.41, 5.74) is 1.03. The summed E-state index contributed by atoms with van der Waals surface area (Å²) in [5, 5.41) is 3.11. The van der Waals surface area contributed by atoms with Crippen molar-refractivity contribution >= 4 is 29.5 Å². The SMILES string of the molecule is C=CCN1CCN(C2=NC3C(C(=O)NC(=O)N3C)N2Cc2ccc(Cl)cc2)CC1. The molecule has 1 aromatic carbocycles. The number of hydrogen-bond acceptors (Lipinski definition) is 6. The van der Waals surface area contributed by atoms with Crippen LogP contribution in [0.4, 0.5) is 4.79 Å². The number of nitrogens with one attached hydrogen (secondary N) is 1. The fourth-order valence-corrected chi connectivity index (χ4v) is 4.17. The highest BCUT2D eigenvalue weighted by molar-refractivity contribution is 6.30. The molecule has 0 spiro atoms. The smallest absolute Gasteiger partial charge is 0.325 e. The van der Waals surface area contributed by atoms with Crippen molar-refractivity contribution in [3.63, 3.8) is 0 Å². The van der Waals surface area contributed by atoms with E-state index in [1.165, 1.54) is 4.90 Å². The molecule has 0 aromatic heterocycles. The van der Waals surface area contributed by atoms with E-state index < -0.39 is 18.2 Å². The first-order valence-corrected chi connectivity index (χ1v) is 10.1. The van der Waals surface area contributed by atoms with Gasteiger partial charge in [-0.25, -0.2) is 9.79 Å². The summed E-state index contributed by atoms with van der Waals surface area (Å²) in [6.07, 6.45) is 1.39. The molecule has 0 radical (unpaired) electrons. The predicted molar refractivity (Wildman–Crippen MR) is 112 cm³/mol. The average molecular weight is 417 g/mol. The molecule has 8 nitrogen and oxygen atoms in total. The predicted octanol–water partition coefficient (Wildman–Crippen LogP) is 1.19. The van der Waals surface area contributed by atoms with Gasteiger partial charge >= 0.3 is 6.03 Å². The number of likely N-dealkylation sites (N-methyl/N-ethyl adjacent to an activating group) is 1. The molecule has 3 aliphatic heterocycles. The number of carbonyl (C=O) groups excluding carboxylic acids is 2. The van der Waals surface area contributed by atoms with Crippen LogP contribution in [0.25, 0.3) is 0 Å². The van der Waals surface area contributed by atoms with Crippen molar-refractivity contribution in [3.8, 4) is 0 Å². The largest absolute Gasteiger partial charge is 0.340 e. The van der Waals surface area contributed by atoms with Gasteiger partial charge in [0.15, 0.2) is 18.2 Å². The van der Waals surface area contributed by atoms with Crippen LogP contribution >= 0.6 is 11.6 Å². The third-order valence-corrected chi connectivity index (χ3v) is 5.90. The Morgan fingerprint density at radius 2 is 1.90 bits per heavy atom. The van der Waals surface area contributed by atoms with Crippen LogP contribution in [-0.4, -0.2) is 89.5 Å². The van der Waals surface area contributed by atoms with Crippen molar-refractivity contribution in [1.29, 1.82) is 0 Å². The van der Waals surface area contributed by atoms with E-state index in [9.17, 15) is 9.59 Å². The standard InChI is InChI=1S/C20H25ClN6O2/c1-3-8-25-9-11-26(12-10-25)19-22-17-16(18(28)23-20(29)24(17)2)27(19)13-14-4-6-15(21)7-5-14/h3-7,16-17H,1,8-13H2,2H3,(H,23,28,29). The molecule has 9 heteroatoms. The molecular formula is C20H25ClN6O2. The highest BCUT2D eigenvalue weighted by Gasteiger charge is 2.49. The van der Waals surface area contributed by atoms with Gasteiger partial charge in [0.05, 0.1) is 0 Å². The molecule has 1 N–H and O–H groups in total. The zero-order valence-corrected chi connectivity index (χ0v) is 17.2. The Kier molecular flexibility index (Phi) is 5.47. The van der Waals surface area contributed by atoms with E-state index in [0.29, 0.717) is 11.6 Å². The Balaban J connectivity index is 1.60. The summed E-state index contributed by atoms with van der Waals surface area (Å²) in [4.78, 5) is 37.7. The molecule has 0 bridgehead atoms. The van der Waals surface area contributed by atoms with Gasteiger partial charge in [0, 0.05) is 51.3 Å².